The second-order valence-corrected chi connectivity index (χ2v) is 10.2. The summed E-state index contributed by atoms with van der Waals surface area (Å²) in [5.41, 5.74) is 23.0. The molecule has 0 saturated carbocycles. The van der Waals surface area contributed by atoms with Gasteiger partial charge in [-0.15, -0.1) is 0 Å². The third-order valence-electron chi connectivity index (χ3n) is 6.12. The maximum absolute atomic E-state index is 13.4. The molecule has 0 aromatic heterocycles. The SMILES string of the molecule is CC(C)CC(N)C(=O)NC(CCCCN)C(=O)NC(Cc1ccccc1)C(=O)NC(CCCN=C(N)N)C(=O)O. The number of carboxylic acid groups (broad SMARTS) is 1. The van der Waals surface area contributed by atoms with E-state index in [9.17, 15) is 24.3 Å². The summed E-state index contributed by atoms with van der Waals surface area (Å²) in [6.45, 7) is 4.51. The summed E-state index contributed by atoms with van der Waals surface area (Å²) in [6, 6.07) is 4.94. The lowest BCUT2D eigenvalue weighted by Crippen LogP contribution is -2.57. The van der Waals surface area contributed by atoms with Crippen molar-refractivity contribution >= 4 is 29.7 Å². The van der Waals surface area contributed by atoms with Crippen LogP contribution in [0.4, 0.5) is 0 Å². The first-order chi connectivity index (χ1) is 18.9. The van der Waals surface area contributed by atoms with E-state index in [4.69, 9.17) is 22.9 Å². The van der Waals surface area contributed by atoms with Crippen LogP contribution in [0, 0.1) is 5.92 Å². The number of carbonyl (C=O) groups is 4. The number of nitrogens with one attached hydrogen (secondary N) is 3. The van der Waals surface area contributed by atoms with Crippen LogP contribution in [0.3, 0.4) is 0 Å². The number of nitrogens with zero attached hydrogens (tertiary/aromatic N) is 1. The van der Waals surface area contributed by atoms with Crippen molar-refractivity contribution in [2.24, 2.45) is 33.8 Å². The molecular weight excluding hydrogens is 516 g/mol. The monoisotopic (exact) mass is 562 g/mol. The van der Waals surface area contributed by atoms with Gasteiger partial charge in [-0.1, -0.05) is 44.2 Å². The van der Waals surface area contributed by atoms with E-state index in [1.807, 2.05) is 19.9 Å². The molecule has 0 spiro atoms. The van der Waals surface area contributed by atoms with Crippen molar-refractivity contribution < 1.29 is 24.3 Å². The highest BCUT2D eigenvalue weighted by molar-refractivity contribution is 5.94. The number of carboxylic acids is 1. The number of hydrogen-bond donors (Lipinski definition) is 8. The van der Waals surface area contributed by atoms with E-state index in [2.05, 4.69) is 20.9 Å². The van der Waals surface area contributed by atoms with Gasteiger partial charge in [0.2, 0.25) is 17.7 Å². The van der Waals surface area contributed by atoms with E-state index in [-0.39, 0.29) is 31.3 Å². The van der Waals surface area contributed by atoms with Crippen LogP contribution in [0.25, 0.3) is 0 Å². The Labute approximate surface area is 235 Å². The summed E-state index contributed by atoms with van der Waals surface area (Å²) in [6.07, 6.45) is 2.46. The van der Waals surface area contributed by atoms with E-state index in [0.29, 0.717) is 38.6 Å². The molecule has 4 unspecified atom stereocenters. The lowest BCUT2D eigenvalue weighted by molar-refractivity contribution is -0.142. The van der Waals surface area contributed by atoms with E-state index in [0.717, 1.165) is 5.56 Å². The van der Waals surface area contributed by atoms with Gasteiger partial charge in [-0.3, -0.25) is 19.4 Å². The molecule has 1 aromatic rings. The number of amides is 3. The molecule has 1 rings (SSSR count). The average Bonchev–Trinajstić information content (AvgIpc) is 2.89. The Balaban J connectivity index is 3.09. The van der Waals surface area contributed by atoms with Gasteiger partial charge in [0.1, 0.15) is 18.1 Å². The lowest BCUT2D eigenvalue weighted by Gasteiger charge is -2.25. The van der Waals surface area contributed by atoms with Crippen LogP contribution in [0.5, 0.6) is 0 Å². The zero-order valence-electron chi connectivity index (χ0n) is 23.5. The highest BCUT2D eigenvalue weighted by Crippen LogP contribution is 2.09. The summed E-state index contributed by atoms with van der Waals surface area (Å²) in [4.78, 5) is 55.0. The molecule has 0 saturated heterocycles. The molecule has 1 aromatic carbocycles. The van der Waals surface area contributed by atoms with Crippen LogP contribution in [0.2, 0.25) is 0 Å². The summed E-state index contributed by atoms with van der Waals surface area (Å²) in [7, 11) is 0. The van der Waals surface area contributed by atoms with Gasteiger partial charge in [-0.05, 0) is 56.6 Å². The normalized spacial score (nSPS) is 13.9. The average molecular weight is 563 g/mol. The van der Waals surface area contributed by atoms with Crippen molar-refractivity contribution in [2.45, 2.75) is 83.0 Å². The third-order valence-corrected chi connectivity index (χ3v) is 6.12. The van der Waals surface area contributed by atoms with Gasteiger partial charge >= 0.3 is 5.97 Å². The highest BCUT2D eigenvalue weighted by Gasteiger charge is 2.30. The summed E-state index contributed by atoms with van der Waals surface area (Å²) >= 11 is 0. The minimum atomic E-state index is -1.23. The van der Waals surface area contributed by atoms with Crippen LogP contribution in [-0.4, -0.2) is 72.0 Å². The van der Waals surface area contributed by atoms with Crippen LogP contribution in [0.1, 0.15) is 57.9 Å². The zero-order chi connectivity index (χ0) is 30.1. The number of nitrogens with two attached hydrogens (primary N) is 4. The Kier molecular flexibility index (Phi) is 15.9. The van der Waals surface area contributed by atoms with Crippen molar-refractivity contribution in [3.63, 3.8) is 0 Å². The quantitative estimate of drug-likeness (QED) is 0.0604. The largest absolute Gasteiger partial charge is 0.480 e. The molecule has 0 aliphatic rings. The maximum Gasteiger partial charge on any atom is 0.326 e. The number of unbranched alkanes of at least 4 members (excludes halogenated alkanes) is 1. The molecule has 40 heavy (non-hydrogen) atoms. The van der Waals surface area contributed by atoms with E-state index < -0.39 is 47.9 Å². The molecule has 13 nitrogen and oxygen atoms in total. The molecular formula is C27H46N8O5. The Bertz CT molecular complexity index is 969. The first-order valence-electron chi connectivity index (χ1n) is 13.6. The molecule has 224 valence electrons. The Morgan fingerprint density at radius 2 is 1.43 bits per heavy atom. The first kappa shape index (κ1) is 34.3. The number of aliphatic imine (C=N–C) groups is 1. The van der Waals surface area contributed by atoms with Gasteiger partial charge in [0.25, 0.3) is 0 Å². The number of guanidine groups is 1. The standard InChI is InChI=1S/C27H46N8O5/c1-17(2)15-19(29)23(36)33-20(11-6-7-13-28)24(37)35-22(16-18-9-4-3-5-10-18)25(38)34-21(26(39)40)12-8-14-32-27(30)31/h3-5,9-10,17,19-22H,6-8,11-16,28-29H2,1-2H3,(H,33,36)(H,34,38)(H,35,37)(H,39,40)(H4,30,31,32). The van der Waals surface area contributed by atoms with Gasteiger partial charge in [0.15, 0.2) is 5.96 Å². The number of benzene rings is 1. The third kappa shape index (κ3) is 13.9. The summed E-state index contributed by atoms with van der Waals surface area (Å²) in [5, 5.41) is 17.6. The van der Waals surface area contributed by atoms with Gasteiger partial charge in [0.05, 0.1) is 6.04 Å². The van der Waals surface area contributed by atoms with Gasteiger partial charge < -0.3 is 44.0 Å². The molecule has 3 amide bonds. The van der Waals surface area contributed by atoms with E-state index >= 15 is 0 Å². The van der Waals surface area contributed by atoms with Crippen molar-refractivity contribution in [1.29, 1.82) is 0 Å². The van der Waals surface area contributed by atoms with Crippen molar-refractivity contribution in [3.05, 3.63) is 35.9 Å². The second-order valence-electron chi connectivity index (χ2n) is 10.2. The first-order valence-corrected chi connectivity index (χ1v) is 13.6. The van der Waals surface area contributed by atoms with Gasteiger partial charge in [-0.25, -0.2) is 4.79 Å². The predicted molar refractivity (Wildman–Crippen MR) is 154 cm³/mol. The van der Waals surface area contributed by atoms with Gasteiger partial charge in [0, 0.05) is 13.0 Å². The lowest BCUT2D eigenvalue weighted by atomic mass is 10.0. The van der Waals surface area contributed by atoms with Crippen molar-refractivity contribution in [3.8, 4) is 0 Å². The van der Waals surface area contributed by atoms with Crippen LogP contribution in [0.15, 0.2) is 35.3 Å². The number of carbonyl (C=O) groups excluding carboxylic acids is 3. The smallest absolute Gasteiger partial charge is 0.326 e. The highest BCUT2D eigenvalue weighted by atomic mass is 16.4. The molecule has 0 aliphatic carbocycles. The molecule has 0 heterocycles. The number of hydrogen-bond acceptors (Lipinski definition) is 7. The topological polar surface area (TPSA) is 241 Å². The molecule has 4 atom stereocenters. The van der Waals surface area contributed by atoms with Gasteiger partial charge in [-0.2, -0.15) is 0 Å². The minimum Gasteiger partial charge on any atom is -0.480 e. The van der Waals surface area contributed by atoms with Crippen LogP contribution >= 0.6 is 0 Å². The Morgan fingerprint density at radius 1 is 0.850 bits per heavy atom. The fourth-order valence-electron chi connectivity index (χ4n) is 4.02. The molecule has 12 N–H and O–H groups in total. The van der Waals surface area contributed by atoms with Crippen molar-refractivity contribution in [1.82, 2.24) is 16.0 Å². The molecule has 0 aliphatic heterocycles. The maximum atomic E-state index is 13.4. The molecule has 0 fully saturated rings. The fraction of sp³-hybridized carbons (Fsp3) is 0.593. The van der Waals surface area contributed by atoms with E-state index in [1.54, 1.807) is 24.3 Å². The molecule has 13 heteroatoms. The number of rotatable bonds is 19. The Hall–Kier alpha value is -3.71. The minimum absolute atomic E-state index is 0.0787. The summed E-state index contributed by atoms with van der Waals surface area (Å²) in [5.74, 6) is -2.86. The van der Waals surface area contributed by atoms with Crippen LogP contribution in [-0.2, 0) is 25.6 Å². The van der Waals surface area contributed by atoms with Crippen LogP contribution < -0.4 is 38.9 Å². The fourth-order valence-corrected chi connectivity index (χ4v) is 4.02. The number of aliphatic carboxylic acids is 1. The molecule has 0 bridgehead atoms. The second kappa shape index (κ2) is 18.6. The molecule has 0 radical (unpaired) electrons. The van der Waals surface area contributed by atoms with Crippen molar-refractivity contribution in [2.75, 3.05) is 13.1 Å². The summed E-state index contributed by atoms with van der Waals surface area (Å²) < 4.78 is 0. The Morgan fingerprint density at radius 3 is 2.00 bits per heavy atom. The van der Waals surface area contributed by atoms with E-state index in [1.165, 1.54) is 0 Å². The predicted octanol–water partition coefficient (Wildman–Crippen LogP) is -0.676. The zero-order valence-corrected chi connectivity index (χ0v) is 23.5.